The Kier molecular flexibility index (Phi) is 7.11. The summed E-state index contributed by atoms with van der Waals surface area (Å²) in [5.41, 5.74) is 0.913. The van der Waals surface area contributed by atoms with Crippen LogP contribution in [0, 0.1) is 0 Å². The van der Waals surface area contributed by atoms with Crippen molar-refractivity contribution in [1.82, 2.24) is 19.7 Å². The normalized spacial score (nSPS) is 15.4. The molecule has 0 bridgehead atoms. The van der Waals surface area contributed by atoms with Crippen LogP contribution in [-0.4, -0.2) is 56.0 Å². The number of benzene rings is 1. The number of carbonyl (C=O) groups excluding carboxylic acids is 1. The van der Waals surface area contributed by atoms with E-state index in [1.807, 2.05) is 40.7 Å². The van der Waals surface area contributed by atoms with Crippen LogP contribution in [0.15, 0.2) is 29.4 Å². The van der Waals surface area contributed by atoms with Gasteiger partial charge in [0, 0.05) is 30.2 Å². The van der Waals surface area contributed by atoms with Gasteiger partial charge in [-0.3, -0.25) is 9.36 Å². The van der Waals surface area contributed by atoms with Crippen molar-refractivity contribution in [2.45, 2.75) is 70.0 Å². The van der Waals surface area contributed by atoms with E-state index in [-0.39, 0.29) is 23.2 Å². The molecule has 0 radical (unpaired) electrons. The lowest BCUT2D eigenvalue weighted by molar-refractivity contribution is -0.133. The van der Waals surface area contributed by atoms with E-state index < -0.39 is 0 Å². The van der Waals surface area contributed by atoms with Crippen LogP contribution in [0.25, 0.3) is 5.69 Å². The molecule has 1 aromatic carbocycles. The molecule has 1 aromatic heterocycles. The fourth-order valence-electron chi connectivity index (χ4n) is 3.83. The van der Waals surface area contributed by atoms with Crippen molar-refractivity contribution in [2.75, 3.05) is 18.0 Å². The van der Waals surface area contributed by atoms with Gasteiger partial charge in [0.25, 0.3) is 0 Å². The molecule has 0 spiro atoms. The Bertz CT molecular complexity index is 839. The molecule has 1 saturated heterocycles. The van der Waals surface area contributed by atoms with Gasteiger partial charge in [-0.1, -0.05) is 29.4 Å². The topological polar surface area (TPSA) is 54.3 Å². The molecule has 3 rings (SSSR count). The van der Waals surface area contributed by atoms with Gasteiger partial charge in [-0.25, -0.2) is 0 Å². The van der Waals surface area contributed by atoms with Gasteiger partial charge in [0.2, 0.25) is 11.9 Å². The summed E-state index contributed by atoms with van der Waals surface area (Å²) in [6.45, 7) is 12.1. The Balaban J connectivity index is 1.94. The van der Waals surface area contributed by atoms with E-state index in [1.165, 1.54) is 11.8 Å². The molecule has 1 aliphatic rings. The van der Waals surface area contributed by atoms with Gasteiger partial charge in [0.1, 0.15) is 0 Å². The lowest BCUT2D eigenvalue weighted by Gasteiger charge is -2.32. The van der Waals surface area contributed by atoms with Crippen molar-refractivity contribution in [1.29, 1.82) is 0 Å². The van der Waals surface area contributed by atoms with Crippen LogP contribution in [-0.2, 0) is 4.79 Å². The summed E-state index contributed by atoms with van der Waals surface area (Å²) in [5, 5.41) is 10.0. The Morgan fingerprint density at radius 1 is 1.10 bits per heavy atom. The third-order valence-electron chi connectivity index (χ3n) is 5.07. The van der Waals surface area contributed by atoms with E-state index in [2.05, 4.69) is 42.8 Å². The predicted molar refractivity (Wildman–Crippen MR) is 120 cm³/mol. The number of anilines is 1. The lowest BCUT2D eigenvalue weighted by Crippen LogP contribution is -2.45. The van der Waals surface area contributed by atoms with Gasteiger partial charge in [0.15, 0.2) is 5.16 Å². The number of hydrogen-bond donors (Lipinski definition) is 0. The smallest absolute Gasteiger partial charge is 0.236 e. The van der Waals surface area contributed by atoms with Crippen LogP contribution in [0.3, 0.4) is 0 Å². The second-order valence-corrected chi connectivity index (χ2v) is 9.73. The number of halogens is 1. The molecule has 6 nitrogen and oxygen atoms in total. The van der Waals surface area contributed by atoms with Crippen molar-refractivity contribution >= 4 is 35.2 Å². The summed E-state index contributed by atoms with van der Waals surface area (Å²) < 4.78 is 2.03. The molecule has 8 heteroatoms. The summed E-state index contributed by atoms with van der Waals surface area (Å²) in [5.74, 6) is 0.930. The predicted octanol–water partition coefficient (Wildman–Crippen LogP) is 4.65. The number of thioether (sulfide) groups is 1. The van der Waals surface area contributed by atoms with Crippen LogP contribution in [0.1, 0.15) is 47.5 Å². The first-order valence-corrected chi connectivity index (χ1v) is 11.5. The molecule has 0 aliphatic carbocycles. The highest BCUT2D eigenvalue weighted by Gasteiger charge is 2.29. The van der Waals surface area contributed by atoms with Gasteiger partial charge < -0.3 is 9.80 Å². The average Bonchev–Trinajstić information content (AvgIpc) is 3.30. The summed E-state index contributed by atoms with van der Waals surface area (Å²) in [4.78, 5) is 17.3. The fourth-order valence-corrected chi connectivity index (χ4v) is 4.93. The number of carbonyl (C=O) groups is 1. The van der Waals surface area contributed by atoms with Crippen LogP contribution in [0.4, 0.5) is 5.95 Å². The second-order valence-electron chi connectivity index (χ2n) is 7.99. The van der Waals surface area contributed by atoms with Crippen LogP contribution >= 0.6 is 23.4 Å². The van der Waals surface area contributed by atoms with Crippen molar-refractivity contribution < 1.29 is 4.79 Å². The highest BCUT2D eigenvalue weighted by molar-refractivity contribution is 8.00. The van der Waals surface area contributed by atoms with Crippen LogP contribution < -0.4 is 4.90 Å². The summed E-state index contributed by atoms with van der Waals surface area (Å²) >= 11 is 7.71. The van der Waals surface area contributed by atoms with Gasteiger partial charge in [-0.2, -0.15) is 0 Å². The Hall–Kier alpha value is -1.73. The molecule has 158 valence electrons. The molecule has 0 unspecified atom stereocenters. The fraction of sp³-hybridized carbons (Fsp3) is 0.571. The number of rotatable bonds is 7. The van der Waals surface area contributed by atoms with Crippen molar-refractivity contribution in [3.63, 3.8) is 0 Å². The van der Waals surface area contributed by atoms with Gasteiger partial charge in [-0.15, -0.1) is 10.2 Å². The summed E-state index contributed by atoms with van der Waals surface area (Å²) in [6, 6.07) is 7.99. The minimum absolute atomic E-state index is 0.114. The maximum absolute atomic E-state index is 13.1. The maximum Gasteiger partial charge on any atom is 0.236 e. The molecule has 2 aromatic rings. The van der Waals surface area contributed by atoms with Crippen molar-refractivity contribution in [2.24, 2.45) is 0 Å². The third-order valence-corrected chi connectivity index (χ3v) is 6.33. The van der Waals surface area contributed by atoms with E-state index in [4.69, 9.17) is 11.6 Å². The van der Waals surface area contributed by atoms with Gasteiger partial charge >= 0.3 is 0 Å². The standard InChI is InChI=1S/C21H30ClN5OS/c1-14(2)26(15(3)4)19(28)16(5)29-21-24-23-20(25-11-6-7-12-25)27(21)18-10-8-9-17(22)13-18/h8-10,13-16H,6-7,11-12H2,1-5H3/t16-/m1/s1. The van der Waals surface area contributed by atoms with Crippen molar-refractivity contribution in [3.05, 3.63) is 29.3 Å². The summed E-state index contributed by atoms with van der Waals surface area (Å²) in [7, 11) is 0. The number of nitrogens with zero attached hydrogens (tertiary/aromatic N) is 5. The first kappa shape index (κ1) is 22.0. The molecule has 1 atom stereocenters. The summed E-state index contributed by atoms with van der Waals surface area (Å²) in [6.07, 6.45) is 2.30. The molecule has 29 heavy (non-hydrogen) atoms. The Morgan fingerprint density at radius 2 is 1.76 bits per heavy atom. The average molecular weight is 436 g/mol. The minimum Gasteiger partial charge on any atom is -0.341 e. The molecule has 1 fully saturated rings. The van der Waals surface area contributed by atoms with Gasteiger partial charge in [0.05, 0.1) is 10.9 Å². The molecule has 1 amide bonds. The van der Waals surface area contributed by atoms with E-state index in [1.54, 1.807) is 0 Å². The Morgan fingerprint density at radius 3 is 2.34 bits per heavy atom. The Labute approximate surface area is 182 Å². The SMILES string of the molecule is CC(C)N(C(=O)[C@@H](C)Sc1nnc(N2CCCC2)n1-c1cccc(Cl)c1)C(C)C. The van der Waals surface area contributed by atoms with E-state index in [0.717, 1.165) is 37.6 Å². The van der Waals surface area contributed by atoms with Crippen LogP contribution in [0.5, 0.6) is 0 Å². The molecule has 2 heterocycles. The van der Waals surface area contributed by atoms with E-state index in [0.29, 0.717) is 10.2 Å². The zero-order valence-corrected chi connectivity index (χ0v) is 19.4. The quantitative estimate of drug-likeness (QED) is 0.592. The highest BCUT2D eigenvalue weighted by atomic mass is 35.5. The van der Waals surface area contributed by atoms with E-state index in [9.17, 15) is 4.79 Å². The molecule has 0 saturated carbocycles. The number of amides is 1. The number of hydrogen-bond acceptors (Lipinski definition) is 5. The minimum atomic E-state index is -0.270. The molecule has 1 aliphatic heterocycles. The molecular formula is C21H30ClN5OS. The second kappa shape index (κ2) is 9.39. The largest absolute Gasteiger partial charge is 0.341 e. The lowest BCUT2D eigenvalue weighted by atomic mass is 10.2. The first-order chi connectivity index (χ1) is 13.8. The third kappa shape index (κ3) is 4.89. The highest BCUT2D eigenvalue weighted by Crippen LogP contribution is 2.32. The molecular weight excluding hydrogens is 406 g/mol. The zero-order valence-electron chi connectivity index (χ0n) is 17.8. The maximum atomic E-state index is 13.1. The van der Waals surface area contributed by atoms with Gasteiger partial charge in [-0.05, 0) is 65.7 Å². The zero-order chi connectivity index (χ0) is 21.1. The number of aromatic nitrogens is 3. The first-order valence-electron chi connectivity index (χ1n) is 10.2. The molecule has 0 N–H and O–H groups in total. The van der Waals surface area contributed by atoms with Crippen LogP contribution in [0.2, 0.25) is 5.02 Å². The van der Waals surface area contributed by atoms with Crippen molar-refractivity contribution in [3.8, 4) is 5.69 Å². The van der Waals surface area contributed by atoms with E-state index >= 15 is 0 Å². The monoisotopic (exact) mass is 435 g/mol.